The van der Waals surface area contributed by atoms with E-state index in [0.717, 1.165) is 0 Å². The average molecular weight is 474 g/mol. The standard InChI is InChI=1S/C19H26BF3N4O6/c1-10(19(21,22)23)27-13(26(14(28)29)15(30)31-16(2,3)4)11(9-24)12(25-27)20-32-17(5,6)18(7,8)33-20/h10H,1-8H3,(H,28,29). The molecule has 1 aromatic heterocycles. The summed E-state index contributed by atoms with van der Waals surface area (Å²) in [4.78, 5) is 24.6. The van der Waals surface area contributed by atoms with Gasteiger partial charge in [-0.25, -0.2) is 14.3 Å². The maximum Gasteiger partial charge on any atom is 0.517 e. The molecule has 1 fully saturated rings. The van der Waals surface area contributed by atoms with Crippen LogP contribution in [0.3, 0.4) is 0 Å². The molecule has 14 heteroatoms. The SMILES string of the molecule is CC(n1nc(B2OC(C)(C)C(C)(C)O2)c(C#N)c1N(C(=O)O)C(=O)OC(C)(C)C)C(F)(F)F. The molecule has 0 bridgehead atoms. The number of halogens is 3. The van der Waals surface area contributed by atoms with Gasteiger partial charge >= 0.3 is 25.5 Å². The number of hydrogen-bond acceptors (Lipinski definition) is 7. The number of hydrogen-bond donors (Lipinski definition) is 1. The predicted octanol–water partition coefficient (Wildman–Crippen LogP) is 3.60. The molecule has 1 unspecified atom stereocenters. The Morgan fingerprint density at radius 2 is 1.70 bits per heavy atom. The van der Waals surface area contributed by atoms with Gasteiger partial charge in [0, 0.05) is 0 Å². The van der Waals surface area contributed by atoms with E-state index >= 15 is 0 Å². The van der Waals surface area contributed by atoms with Gasteiger partial charge < -0.3 is 19.2 Å². The lowest BCUT2D eigenvalue weighted by atomic mass is 9.82. The largest absolute Gasteiger partial charge is 0.517 e. The second-order valence-corrected chi connectivity index (χ2v) is 9.54. The third-order valence-electron chi connectivity index (χ3n) is 5.32. The van der Waals surface area contributed by atoms with E-state index in [1.807, 2.05) is 0 Å². The van der Waals surface area contributed by atoms with E-state index in [1.165, 1.54) is 20.8 Å². The molecule has 1 aromatic rings. The third kappa shape index (κ3) is 5.09. The van der Waals surface area contributed by atoms with Crippen LogP contribution < -0.4 is 10.5 Å². The van der Waals surface area contributed by atoms with E-state index in [2.05, 4.69) is 5.10 Å². The molecule has 1 N–H and O–H groups in total. The number of carboxylic acid groups (broad SMARTS) is 1. The van der Waals surface area contributed by atoms with Crippen LogP contribution in [0, 0.1) is 11.3 Å². The zero-order chi connectivity index (χ0) is 25.7. The third-order valence-corrected chi connectivity index (χ3v) is 5.32. The Kier molecular flexibility index (Phi) is 6.59. The first-order valence-electron chi connectivity index (χ1n) is 9.94. The van der Waals surface area contributed by atoms with E-state index in [9.17, 15) is 33.1 Å². The van der Waals surface area contributed by atoms with Crippen molar-refractivity contribution in [3.05, 3.63) is 5.56 Å². The summed E-state index contributed by atoms with van der Waals surface area (Å²) in [6, 6.07) is -0.751. The zero-order valence-corrected chi connectivity index (χ0v) is 19.6. The number of nitrogens with zero attached hydrogens (tertiary/aromatic N) is 4. The van der Waals surface area contributed by atoms with Gasteiger partial charge in [-0.1, -0.05) is 0 Å². The molecule has 2 amide bonds. The molecule has 2 rings (SSSR count). The Hall–Kier alpha value is -2.79. The lowest BCUT2D eigenvalue weighted by molar-refractivity contribution is -0.165. The van der Waals surface area contributed by atoms with Gasteiger partial charge in [0.1, 0.15) is 28.9 Å². The number of amides is 2. The van der Waals surface area contributed by atoms with Gasteiger partial charge in [-0.3, -0.25) is 0 Å². The average Bonchev–Trinajstić information content (AvgIpc) is 3.05. The molecular weight excluding hydrogens is 448 g/mol. The summed E-state index contributed by atoms with van der Waals surface area (Å²) in [7, 11) is -1.39. The fraction of sp³-hybridized carbons (Fsp3) is 0.684. The molecule has 0 radical (unpaired) electrons. The van der Waals surface area contributed by atoms with Crippen molar-refractivity contribution in [1.29, 1.82) is 5.26 Å². The van der Waals surface area contributed by atoms with Crippen molar-refractivity contribution in [3.63, 3.8) is 0 Å². The number of ether oxygens (including phenoxy) is 1. The smallest absolute Gasteiger partial charge is 0.464 e. The molecule has 0 aliphatic carbocycles. The fourth-order valence-corrected chi connectivity index (χ4v) is 2.86. The minimum Gasteiger partial charge on any atom is -0.464 e. The number of carbonyl (C=O) groups excluding carboxylic acids is 1. The molecule has 0 saturated carbocycles. The highest BCUT2D eigenvalue weighted by Gasteiger charge is 2.55. The maximum absolute atomic E-state index is 13.6. The Bertz CT molecular complexity index is 977. The first-order chi connectivity index (χ1) is 14.7. The molecule has 33 heavy (non-hydrogen) atoms. The summed E-state index contributed by atoms with van der Waals surface area (Å²) >= 11 is 0. The molecule has 1 atom stereocenters. The highest BCUT2D eigenvalue weighted by molar-refractivity contribution is 6.62. The topological polar surface area (TPSA) is 127 Å². The first-order valence-corrected chi connectivity index (χ1v) is 9.94. The van der Waals surface area contributed by atoms with Gasteiger partial charge in [0.2, 0.25) is 0 Å². The number of aromatic nitrogens is 2. The summed E-state index contributed by atoms with van der Waals surface area (Å²) in [6.07, 6.45) is -8.35. The van der Waals surface area contributed by atoms with Crippen LogP contribution in [-0.4, -0.2) is 57.2 Å². The zero-order valence-electron chi connectivity index (χ0n) is 19.6. The van der Waals surface area contributed by atoms with Crippen LogP contribution in [0.2, 0.25) is 0 Å². The van der Waals surface area contributed by atoms with Crippen molar-refractivity contribution in [1.82, 2.24) is 9.78 Å². The summed E-state index contributed by atoms with van der Waals surface area (Å²) in [5.74, 6) is -0.922. The molecule has 1 saturated heterocycles. The van der Waals surface area contributed by atoms with Gasteiger partial charge in [0.05, 0.1) is 11.2 Å². The lowest BCUT2D eigenvalue weighted by Crippen LogP contribution is -2.42. The molecular formula is C19H26BF3N4O6. The van der Waals surface area contributed by atoms with Crippen molar-refractivity contribution in [2.75, 3.05) is 4.90 Å². The molecule has 2 heterocycles. The summed E-state index contributed by atoms with van der Waals surface area (Å²) in [5, 5.41) is 23.3. The molecule has 0 aromatic carbocycles. The van der Waals surface area contributed by atoms with Crippen LogP contribution >= 0.6 is 0 Å². The molecule has 1 aliphatic heterocycles. The van der Waals surface area contributed by atoms with Gasteiger partial charge in [-0.05, 0) is 55.4 Å². The Labute approximate surface area is 189 Å². The van der Waals surface area contributed by atoms with Crippen LogP contribution in [-0.2, 0) is 14.0 Å². The van der Waals surface area contributed by atoms with E-state index in [-0.39, 0.29) is 9.58 Å². The minimum atomic E-state index is -4.89. The van der Waals surface area contributed by atoms with Crippen molar-refractivity contribution < 1.29 is 41.9 Å². The van der Waals surface area contributed by atoms with Crippen molar-refractivity contribution in [2.24, 2.45) is 0 Å². The normalized spacial score (nSPS) is 18.5. The molecule has 182 valence electrons. The summed E-state index contributed by atoms with van der Waals surface area (Å²) in [5.41, 5.74) is -4.05. The van der Waals surface area contributed by atoms with E-state index < -0.39 is 65.3 Å². The van der Waals surface area contributed by atoms with Crippen LogP contribution in [0.4, 0.5) is 28.6 Å². The number of imide groups is 1. The summed E-state index contributed by atoms with van der Waals surface area (Å²) < 4.78 is 57.8. The van der Waals surface area contributed by atoms with Crippen LogP contribution in [0.25, 0.3) is 0 Å². The number of nitriles is 1. The van der Waals surface area contributed by atoms with Crippen molar-refractivity contribution in [2.45, 2.75) is 84.4 Å². The molecule has 1 aliphatic rings. The van der Waals surface area contributed by atoms with Gasteiger partial charge in [-0.15, -0.1) is 0 Å². The van der Waals surface area contributed by atoms with E-state index in [0.29, 0.717) is 6.92 Å². The quantitative estimate of drug-likeness (QED) is 0.659. The number of carbonyl (C=O) groups is 2. The lowest BCUT2D eigenvalue weighted by Gasteiger charge is -2.32. The number of alkyl halides is 3. The first kappa shape index (κ1) is 26.5. The number of anilines is 1. The highest BCUT2D eigenvalue weighted by atomic mass is 19.4. The second-order valence-electron chi connectivity index (χ2n) is 9.54. The van der Waals surface area contributed by atoms with E-state index in [1.54, 1.807) is 33.8 Å². The van der Waals surface area contributed by atoms with Crippen LogP contribution in [0.15, 0.2) is 0 Å². The van der Waals surface area contributed by atoms with Gasteiger partial charge in [0.25, 0.3) is 0 Å². The monoisotopic (exact) mass is 474 g/mol. The maximum atomic E-state index is 13.6. The van der Waals surface area contributed by atoms with Crippen molar-refractivity contribution in [3.8, 4) is 6.07 Å². The summed E-state index contributed by atoms with van der Waals surface area (Å²) in [6.45, 7) is 11.8. The Morgan fingerprint density at radius 1 is 1.21 bits per heavy atom. The fourth-order valence-electron chi connectivity index (χ4n) is 2.86. The van der Waals surface area contributed by atoms with Crippen LogP contribution in [0.1, 0.15) is 67.0 Å². The van der Waals surface area contributed by atoms with Gasteiger partial charge in [0.15, 0.2) is 5.82 Å². The molecule has 0 spiro atoms. The Morgan fingerprint density at radius 3 is 2.06 bits per heavy atom. The van der Waals surface area contributed by atoms with Gasteiger partial charge in [-0.2, -0.15) is 28.4 Å². The highest BCUT2D eigenvalue weighted by Crippen LogP contribution is 2.39. The number of rotatable bonds is 3. The van der Waals surface area contributed by atoms with Crippen LogP contribution in [0.5, 0.6) is 0 Å². The van der Waals surface area contributed by atoms with Crippen molar-refractivity contribution >= 4 is 30.7 Å². The second kappa shape index (κ2) is 8.21. The predicted molar refractivity (Wildman–Crippen MR) is 110 cm³/mol. The molecule has 10 nitrogen and oxygen atoms in total. The minimum absolute atomic E-state index is 0.0756. The Balaban J connectivity index is 2.79. The van der Waals surface area contributed by atoms with E-state index in [4.69, 9.17) is 14.0 Å².